The van der Waals surface area contributed by atoms with Gasteiger partial charge in [-0.15, -0.1) is 0 Å². The summed E-state index contributed by atoms with van der Waals surface area (Å²) in [4.78, 5) is 0. The Morgan fingerprint density at radius 1 is 0.789 bits per heavy atom. The molecule has 2 atom stereocenters. The lowest BCUT2D eigenvalue weighted by Gasteiger charge is -2.37. The molecule has 0 aromatic heterocycles. The van der Waals surface area contributed by atoms with Crippen molar-refractivity contribution in [3.8, 4) is 0 Å². The van der Waals surface area contributed by atoms with Gasteiger partial charge in [0.05, 0.1) is 12.2 Å². The lowest BCUT2D eigenvalue weighted by Crippen LogP contribution is -2.50. The van der Waals surface area contributed by atoms with Crippen molar-refractivity contribution in [2.75, 3.05) is 13.2 Å². The number of nitrogens with one attached hydrogen (secondary N) is 1. The molecule has 0 aromatic carbocycles. The standard InChI is InChI=1S/C16H29NO2/c1-2-6-14(5-1)19-16-8-4-3-7-15(16)17-13-9-11-18-12-10-13/h13-17H,1-12H2/t15-,16-/m1/s1. The molecule has 1 aliphatic heterocycles. The Balaban J connectivity index is 1.50. The Morgan fingerprint density at radius 3 is 2.26 bits per heavy atom. The van der Waals surface area contributed by atoms with Gasteiger partial charge >= 0.3 is 0 Å². The third kappa shape index (κ3) is 3.93. The first-order chi connectivity index (χ1) is 9.42. The fourth-order valence-corrected chi connectivity index (χ4v) is 3.89. The minimum Gasteiger partial charge on any atom is -0.381 e. The first-order valence-corrected chi connectivity index (χ1v) is 8.41. The summed E-state index contributed by atoms with van der Waals surface area (Å²) >= 11 is 0. The average Bonchev–Trinajstić information content (AvgIpc) is 2.95. The third-order valence-corrected chi connectivity index (χ3v) is 5.04. The van der Waals surface area contributed by atoms with Crippen molar-refractivity contribution >= 4 is 0 Å². The highest BCUT2D eigenvalue weighted by Crippen LogP contribution is 2.28. The molecule has 3 nitrogen and oxygen atoms in total. The normalized spacial score (nSPS) is 34.7. The van der Waals surface area contributed by atoms with Crippen molar-refractivity contribution in [1.29, 1.82) is 0 Å². The second-order valence-corrected chi connectivity index (χ2v) is 6.53. The van der Waals surface area contributed by atoms with E-state index in [2.05, 4.69) is 5.32 Å². The van der Waals surface area contributed by atoms with Crippen LogP contribution in [-0.2, 0) is 9.47 Å². The molecular weight excluding hydrogens is 238 g/mol. The molecule has 0 aromatic rings. The highest BCUT2D eigenvalue weighted by atomic mass is 16.5. The summed E-state index contributed by atoms with van der Waals surface area (Å²) in [6.45, 7) is 1.86. The van der Waals surface area contributed by atoms with Crippen molar-refractivity contribution in [2.45, 2.75) is 88.5 Å². The van der Waals surface area contributed by atoms with Gasteiger partial charge in [-0.2, -0.15) is 0 Å². The zero-order chi connectivity index (χ0) is 12.9. The molecule has 0 radical (unpaired) electrons. The van der Waals surface area contributed by atoms with Gasteiger partial charge in [0, 0.05) is 25.3 Å². The van der Waals surface area contributed by atoms with Crippen molar-refractivity contribution in [3.05, 3.63) is 0 Å². The van der Waals surface area contributed by atoms with E-state index < -0.39 is 0 Å². The van der Waals surface area contributed by atoms with E-state index in [9.17, 15) is 0 Å². The number of hydrogen-bond donors (Lipinski definition) is 1. The van der Waals surface area contributed by atoms with Gasteiger partial charge in [-0.3, -0.25) is 0 Å². The van der Waals surface area contributed by atoms with E-state index >= 15 is 0 Å². The fourth-order valence-electron chi connectivity index (χ4n) is 3.89. The maximum Gasteiger partial charge on any atom is 0.0731 e. The van der Waals surface area contributed by atoms with E-state index in [4.69, 9.17) is 9.47 Å². The van der Waals surface area contributed by atoms with Crippen LogP contribution in [0.25, 0.3) is 0 Å². The molecule has 1 N–H and O–H groups in total. The molecule has 0 spiro atoms. The molecule has 110 valence electrons. The Hall–Kier alpha value is -0.120. The molecule has 3 aliphatic rings. The second kappa shape index (κ2) is 7.05. The van der Waals surface area contributed by atoms with Crippen LogP contribution in [0.15, 0.2) is 0 Å². The summed E-state index contributed by atoms with van der Waals surface area (Å²) in [5.41, 5.74) is 0. The lowest BCUT2D eigenvalue weighted by atomic mass is 9.91. The summed E-state index contributed by atoms with van der Waals surface area (Å²) in [5, 5.41) is 3.88. The SMILES string of the molecule is C1CCC(O[C@@H]2CCCC[C@H]2NC2CCOCC2)C1. The molecule has 0 unspecified atom stereocenters. The molecule has 2 aliphatic carbocycles. The Bertz CT molecular complexity index is 259. The minimum atomic E-state index is 0.472. The van der Waals surface area contributed by atoms with Crippen LogP contribution in [0.2, 0.25) is 0 Å². The molecule has 3 rings (SSSR count). The maximum absolute atomic E-state index is 6.41. The number of hydrogen-bond acceptors (Lipinski definition) is 3. The largest absolute Gasteiger partial charge is 0.381 e. The van der Waals surface area contributed by atoms with E-state index in [0.717, 1.165) is 13.2 Å². The Morgan fingerprint density at radius 2 is 1.47 bits per heavy atom. The third-order valence-electron chi connectivity index (χ3n) is 5.04. The van der Waals surface area contributed by atoms with Crippen molar-refractivity contribution in [1.82, 2.24) is 5.32 Å². The smallest absolute Gasteiger partial charge is 0.0731 e. The molecule has 3 heteroatoms. The summed E-state index contributed by atoms with van der Waals surface area (Å²) < 4.78 is 11.9. The molecule has 3 fully saturated rings. The van der Waals surface area contributed by atoms with Crippen molar-refractivity contribution < 1.29 is 9.47 Å². The molecule has 1 saturated heterocycles. The van der Waals surface area contributed by atoms with Crippen LogP contribution in [0.5, 0.6) is 0 Å². The Kier molecular flexibility index (Phi) is 5.14. The molecule has 0 bridgehead atoms. The number of ether oxygens (including phenoxy) is 2. The van der Waals surface area contributed by atoms with E-state index in [1.54, 1.807) is 0 Å². The number of rotatable bonds is 4. The highest BCUT2D eigenvalue weighted by molar-refractivity contribution is 4.87. The second-order valence-electron chi connectivity index (χ2n) is 6.53. The maximum atomic E-state index is 6.41. The molecule has 19 heavy (non-hydrogen) atoms. The first kappa shape index (κ1) is 13.8. The molecule has 2 saturated carbocycles. The van der Waals surface area contributed by atoms with Gasteiger partial charge in [-0.1, -0.05) is 25.7 Å². The first-order valence-electron chi connectivity index (χ1n) is 8.41. The van der Waals surface area contributed by atoms with Crippen LogP contribution in [0.1, 0.15) is 64.2 Å². The van der Waals surface area contributed by atoms with E-state index in [0.29, 0.717) is 24.3 Å². The van der Waals surface area contributed by atoms with Crippen LogP contribution in [0.3, 0.4) is 0 Å². The van der Waals surface area contributed by atoms with Crippen LogP contribution in [0.4, 0.5) is 0 Å². The lowest BCUT2D eigenvalue weighted by molar-refractivity contribution is -0.0485. The summed E-state index contributed by atoms with van der Waals surface area (Å²) in [6.07, 6.45) is 14.0. The summed E-state index contributed by atoms with van der Waals surface area (Å²) in [5.74, 6) is 0. The van der Waals surface area contributed by atoms with Crippen LogP contribution >= 0.6 is 0 Å². The average molecular weight is 267 g/mol. The minimum absolute atomic E-state index is 0.472. The van der Waals surface area contributed by atoms with Gasteiger partial charge in [0.1, 0.15) is 0 Å². The topological polar surface area (TPSA) is 30.5 Å². The molecule has 0 amide bonds. The monoisotopic (exact) mass is 267 g/mol. The van der Waals surface area contributed by atoms with Gasteiger partial charge in [-0.25, -0.2) is 0 Å². The molecular formula is C16H29NO2. The Labute approximate surface area is 117 Å². The predicted molar refractivity (Wildman–Crippen MR) is 76.4 cm³/mol. The van der Waals surface area contributed by atoms with Gasteiger partial charge < -0.3 is 14.8 Å². The zero-order valence-corrected chi connectivity index (χ0v) is 12.1. The summed E-state index contributed by atoms with van der Waals surface area (Å²) in [6, 6.07) is 1.25. The quantitative estimate of drug-likeness (QED) is 0.849. The highest BCUT2D eigenvalue weighted by Gasteiger charge is 2.31. The van der Waals surface area contributed by atoms with Crippen LogP contribution in [-0.4, -0.2) is 37.5 Å². The van der Waals surface area contributed by atoms with Gasteiger partial charge in [0.25, 0.3) is 0 Å². The van der Waals surface area contributed by atoms with Crippen LogP contribution < -0.4 is 5.32 Å². The van der Waals surface area contributed by atoms with Gasteiger partial charge in [-0.05, 0) is 38.5 Å². The van der Waals surface area contributed by atoms with Crippen LogP contribution in [0, 0.1) is 0 Å². The molecule has 1 heterocycles. The van der Waals surface area contributed by atoms with Crippen molar-refractivity contribution in [3.63, 3.8) is 0 Å². The van der Waals surface area contributed by atoms with E-state index in [1.807, 2.05) is 0 Å². The van der Waals surface area contributed by atoms with Gasteiger partial charge in [0.2, 0.25) is 0 Å². The van der Waals surface area contributed by atoms with E-state index in [-0.39, 0.29) is 0 Å². The fraction of sp³-hybridized carbons (Fsp3) is 1.00. The summed E-state index contributed by atoms with van der Waals surface area (Å²) in [7, 11) is 0. The van der Waals surface area contributed by atoms with Crippen molar-refractivity contribution in [2.24, 2.45) is 0 Å². The zero-order valence-electron chi connectivity index (χ0n) is 12.1. The van der Waals surface area contributed by atoms with E-state index in [1.165, 1.54) is 64.2 Å². The van der Waals surface area contributed by atoms with Gasteiger partial charge in [0.15, 0.2) is 0 Å². The predicted octanol–water partition coefficient (Wildman–Crippen LogP) is 3.03.